The van der Waals surface area contributed by atoms with E-state index in [0.717, 1.165) is 25.7 Å². The number of carbonyl (C=O) groups is 1. The highest BCUT2D eigenvalue weighted by molar-refractivity contribution is 5.86. The van der Waals surface area contributed by atoms with Crippen molar-refractivity contribution in [2.45, 2.75) is 32.6 Å². The maximum absolute atomic E-state index is 12.4. The molecule has 6 heteroatoms. The van der Waals surface area contributed by atoms with E-state index in [0.29, 0.717) is 26.3 Å². The molecule has 3 N–H and O–H groups in total. The molecule has 6 nitrogen and oxygen atoms in total. The number of hydrogen-bond acceptors (Lipinski definition) is 4. The number of amides is 1. The summed E-state index contributed by atoms with van der Waals surface area (Å²) in [6, 6.07) is 0. The number of hydrogen-bond donors (Lipinski definition) is 2. The van der Waals surface area contributed by atoms with Gasteiger partial charge in [0.1, 0.15) is 5.84 Å². The fraction of sp³-hybridized carbons (Fsp3) is 0.846. The molecule has 0 radical (unpaired) electrons. The van der Waals surface area contributed by atoms with E-state index in [1.54, 1.807) is 0 Å². The summed E-state index contributed by atoms with van der Waals surface area (Å²) in [5, 5.41) is 11.9. The third-order valence-corrected chi connectivity index (χ3v) is 4.48. The van der Waals surface area contributed by atoms with Gasteiger partial charge >= 0.3 is 0 Å². The number of ether oxygens (including phenoxy) is 1. The Bertz CT molecular complexity index is 356. The van der Waals surface area contributed by atoms with Crippen LogP contribution in [0, 0.1) is 11.3 Å². The summed E-state index contributed by atoms with van der Waals surface area (Å²) >= 11 is 0. The minimum atomic E-state index is -0.290. The highest BCUT2D eigenvalue weighted by Crippen LogP contribution is 2.32. The normalized spacial score (nSPS) is 25.3. The SMILES string of the molecule is CC1(C(N)=NO)CCN(C(=O)C2CCOCC2)CC1. The van der Waals surface area contributed by atoms with E-state index in [2.05, 4.69) is 5.16 Å². The van der Waals surface area contributed by atoms with E-state index in [1.807, 2.05) is 11.8 Å². The van der Waals surface area contributed by atoms with Gasteiger partial charge in [-0.1, -0.05) is 12.1 Å². The maximum Gasteiger partial charge on any atom is 0.225 e. The molecule has 2 fully saturated rings. The van der Waals surface area contributed by atoms with Crippen LogP contribution in [0.25, 0.3) is 0 Å². The number of piperidine rings is 1. The van der Waals surface area contributed by atoms with E-state index in [-0.39, 0.29) is 23.1 Å². The standard InChI is InChI=1S/C13H23N3O3/c1-13(12(14)15-18)4-6-16(7-5-13)11(17)10-2-8-19-9-3-10/h10,18H,2-9H2,1H3,(H2,14,15). The van der Waals surface area contributed by atoms with Crippen LogP contribution in [0.2, 0.25) is 0 Å². The fourth-order valence-corrected chi connectivity index (χ4v) is 2.80. The molecule has 0 saturated carbocycles. The van der Waals surface area contributed by atoms with Crippen LogP contribution in [0.4, 0.5) is 0 Å². The van der Waals surface area contributed by atoms with E-state index in [4.69, 9.17) is 15.7 Å². The Labute approximate surface area is 113 Å². The van der Waals surface area contributed by atoms with Gasteiger partial charge < -0.3 is 20.6 Å². The number of amidine groups is 1. The molecule has 19 heavy (non-hydrogen) atoms. The van der Waals surface area contributed by atoms with Crippen molar-refractivity contribution in [3.63, 3.8) is 0 Å². The predicted octanol–water partition coefficient (Wildman–Crippen LogP) is 0.788. The van der Waals surface area contributed by atoms with Gasteiger partial charge in [0.25, 0.3) is 0 Å². The monoisotopic (exact) mass is 269 g/mol. The minimum absolute atomic E-state index is 0.113. The molecule has 0 atom stereocenters. The van der Waals surface area contributed by atoms with Crippen LogP contribution >= 0.6 is 0 Å². The van der Waals surface area contributed by atoms with Crippen molar-refractivity contribution in [1.82, 2.24) is 4.90 Å². The van der Waals surface area contributed by atoms with Gasteiger partial charge in [0.15, 0.2) is 0 Å². The molecular formula is C13H23N3O3. The lowest BCUT2D eigenvalue weighted by Gasteiger charge is -2.40. The predicted molar refractivity (Wildman–Crippen MR) is 70.9 cm³/mol. The third kappa shape index (κ3) is 3.00. The molecule has 2 aliphatic rings. The molecule has 2 heterocycles. The average Bonchev–Trinajstić information content (AvgIpc) is 2.47. The van der Waals surface area contributed by atoms with Crippen LogP contribution in [0.15, 0.2) is 5.16 Å². The summed E-state index contributed by atoms with van der Waals surface area (Å²) in [6.45, 7) is 4.72. The Kier molecular flexibility index (Phi) is 4.29. The third-order valence-electron chi connectivity index (χ3n) is 4.48. The van der Waals surface area contributed by atoms with Crippen molar-refractivity contribution < 1.29 is 14.7 Å². The average molecular weight is 269 g/mol. The second-order valence-corrected chi connectivity index (χ2v) is 5.76. The highest BCUT2D eigenvalue weighted by Gasteiger charge is 2.37. The maximum atomic E-state index is 12.4. The largest absolute Gasteiger partial charge is 0.409 e. The molecule has 0 aromatic rings. The molecule has 0 bridgehead atoms. The Morgan fingerprint density at radius 2 is 1.95 bits per heavy atom. The highest BCUT2D eigenvalue weighted by atomic mass is 16.5. The number of rotatable bonds is 2. The number of likely N-dealkylation sites (tertiary alicyclic amines) is 1. The molecule has 0 aromatic heterocycles. The molecule has 2 aliphatic heterocycles. The Balaban J connectivity index is 1.90. The van der Waals surface area contributed by atoms with Gasteiger partial charge in [-0.2, -0.15) is 0 Å². The number of nitrogens with two attached hydrogens (primary N) is 1. The summed E-state index contributed by atoms with van der Waals surface area (Å²) in [7, 11) is 0. The zero-order valence-corrected chi connectivity index (χ0v) is 11.5. The second-order valence-electron chi connectivity index (χ2n) is 5.76. The zero-order chi connectivity index (χ0) is 13.9. The van der Waals surface area contributed by atoms with Gasteiger partial charge in [0, 0.05) is 37.6 Å². The topological polar surface area (TPSA) is 88.2 Å². The molecule has 1 amide bonds. The Hall–Kier alpha value is -1.30. The van der Waals surface area contributed by atoms with Gasteiger partial charge in [-0.3, -0.25) is 4.79 Å². The van der Waals surface area contributed by atoms with Crippen molar-refractivity contribution >= 4 is 11.7 Å². The number of oxime groups is 1. The van der Waals surface area contributed by atoms with E-state index in [9.17, 15) is 4.79 Å². The molecule has 0 unspecified atom stereocenters. The van der Waals surface area contributed by atoms with Crippen LogP contribution in [0.3, 0.4) is 0 Å². The van der Waals surface area contributed by atoms with Crippen LogP contribution in [-0.4, -0.2) is 48.2 Å². The van der Waals surface area contributed by atoms with Crippen LogP contribution in [0.1, 0.15) is 32.6 Å². The van der Waals surface area contributed by atoms with Crippen LogP contribution < -0.4 is 5.73 Å². The van der Waals surface area contributed by atoms with E-state index in [1.165, 1.54) is 0 Å². The zero-order valence-electron chi connectivity index (χ0n) is 11.5. The number of carbonyl (C=O) groups excluding carboxylic acids is 1. The molecular weight excluding hydrogens is 246 g/mol. The summed E-state index contributed by atoms with van der Waals surface area (Å²) in [5.74, 6) is 0.623. The summed E-state index contributed by atoms with van der Waals surface area (Å²) in [4.78, 5) is 14.3. The van der Waals surface area contributed by atoms with Crippen molar-refractivity contribution in [1.29, 1.82) is 0 Å². The lowest BCUT2D eigenvalue weighted by atomic mass is 9.79. The van der Waals surface area contributed by atoms with Gasteiger partial charge in [-0.25, -0.2) is 0 Å². The van der Waals surface area contributed by atoms with Crippen LogP contribution in [0.5, 0.6) is 0 Å². The van der Waals surface area contributed by atoms with Gasteiger partial charge in [0.05, 0.1) is 0 Å². The van der Waals surface area contributed by atoms with Crippen molar-refractivity contribution in [3.8, 4) is 0 Å². The lowest BCUT2D eigenvalue weighted by Crippen LogP contribution is -2.49. The first kappa shape index (κ1) is 14.1. The first-order chi connectivity index (χ1) is 9.07. The fourth-order valence-electron chi connectivity index (χ4n) is 2.80. The molecule has 2 rings (SSSR count). The first-order valence-electron chi connectivity index (χ1n) is 6.91. The first-order valence-corrected chi connectivity index (χ1v) is 6.91. The van der Waals surface area contributed by atoms with Gasteiger partial charge in [-0.15, -0.1) is 0 Å². The molecule has 2 saturated heterocycles. The molecule has 108 valence electrons. The second kappa shape index (κ2) is 5.77. The lowest BCUT2D eigenvalue weighted by molar-refractivity contribution is -0.140. The smallest absolute Gasteiger partial charge is 0.225 e. The summed E-state index contributed by atoms with van der Waals surface area (Å²) in [6.07, 6.45) is 3.15. The van der Waals surface area contributed by atoms with E-state index >= 15 is 0 Å². The van der Waals surface area contributed by atoms with Crippen molar-refractivity contribution in [2.75, 3.05) is 26.3 Å². The molecule has 0 aromatic carbocycles. The summed E-state index contributed by atoms with van der Waals surface area (Å²) < 4.78 is 5.29. The minimum Gasteiger partial charge on any atom is -0.409 e. The number of nitrogens with zero attached hydrogens (tertiary/aromatic N) is 2. The van der Waals surface area contributed by atoms with Gasteiger partial charge in [-0.05, 0) is 25.7 Å². The van der Waals surface area contributed by atoms with Crippen LogP contribution in [-0.2, 0) is 9.53 Å². The Morgan fingerprint density at radius 3 is 2.47 bits per heavy atom. The molecule has 0 spiro atoms. The molecule has 0 aliphatic carbocycles. The van der Waals surface area contributed by atoms with Crippen molar-refractivity contribution in [2.24, 2.45) is 22.2 Å². The van der Waals surface area contributed by atoms with Crippen molar-refractivity contribution in [3.05, 3.63) is 0 Å². The van der Waals surface area contributed by atoms with E-state index < -0.39 is 0 Å². The Morgan fingerprint density at radius 1 is 1.37 bits per heavy atom. The van der Waals surface area contributed by atoms with Gasteiger partial charge in [0.2, 0.25) is 5.91 Å². The quantitative estimate of drug-likeness (QED) is 0.336. The summed E-state index contributed by atoms with van der Waals surface area (Å²) in [5.41, 5.74) is 5.44.